The molecule has 0 spiro atoms. The van der Waals surface area contributed by atoms with Gasteiger partial charge in [0.25, 0.3) is 0 Å². The van der Waals surface area contributed by atoms with Gasteiger partial charge < -0.3 is 20.1 Å². The van der Waals surface area contributed by atoms with Crippen LogP contribution >= 0.6 is 0 Å². The topological polar surface area (TPSA) is 44.7 Å². The Balaban J connectivity index is 1.84. The van der Waals surface area contributed by atoms with Crippen LogP contribution in [0.15, 0.2) is 24.3 Å². The van der Waals surface area contributed by atoms with Crippen molar-refractivity contribution in [3.8, 4) is 5.75 Å². The number of nitrogens with zero attached hydrogens (tertiary/aromatic N) is 1. The highest BCUT2D eigenvalue weighted by atomic mass is 16.5. The fraction of sp³-hybridized carbons (Fsp3) is 0.625. The molecule has 0 aromatic heterocycles. The summed E-state index contributed by atoms with van der Waals surface area (Å²) in [6, 6.07) is 7.61. The maximum Gasteiger partial charge on any atom is 0.119 e. The van der Waals surface area contributed by atoms with Crippen molar-refractivity contribution >= 4 is 0 Å². The Labute approximate surface area is 121 Å². The third-order valence-corrected chi connectivity index (χ3v) is 4.50. The van der Waals surface area contributed by atoms with Gasteiger partial charge in [-0.15, -0.1) is 0 Å². The molecule has 1 aliphatic rings. The molecule has 4 nitrogen and oxygen atoms in total. The van der Waals surface area contributed by atoms with Crippen LogP contribution in [0.5, 0.6) is 5.75 Å². The molecule has 4 heteroatoms. The second-order valence-corrected chi connectivity index (χ2v) is 5.90. The highest BCUT2D eigenvalue weighted by Crippen LogP contribution is 2.35. The standard InChI is InChI=1S/C16H26N2O2/c1-18(2)16(8-5-9-16)12-17-11-15(19)13-6-4-7-14(10-13)20-3/h4,6-7,10,15,17,19H,5,8-9,11-12H2,1-3H3. The van der Waals surface area contributed by atoms with E-state index in [1.54, 1.807) is 7.11 Å². The van der Waals surface area contributed by atoms with Crippen molar-refractivity contribution in [2.45, 2.75) is 30.9 Å². The molecule has 20 heavy (non-hydrogen) atoms. The molecule has 0 bridgehead atoms. The van der Waals surface area contributed by atoms with Gasteiger partial charge in [-0.3, -0.25) is 0 Å². The van der Waals surface area contributed by atoms with Crippen molar-refractivity contribution in [1.82, 2.24) is 10.2 Å². The van der Waals surface area contributed by atoms with E-state index in [4.69, 9.17) is 4.74 Å². The third kappa shape index (κ3) is 3.32. The summed E-state index contributed by atoms with van der Waals surface area (Å²) in [5.41, 5.74) is 1.18. The molecule has 0 saturated heterocycles. The Kier molecular flexibility index (Phi) is 5.02. The van der Waals surface area contributed by atoms with Crippen LogP contribution in [0.4, 0.5) is 0 Å². The summed E-state index contributed by atoms with van der Waals surface area (Å²) in [4.78, 5) is 2.31. The Morgan fingerprint density at radius 3 is 2.70 bits per heavy atom. The average molecular weight is 278 g/mol. The van der Waals surface area contributed by atoms with Crippen LogP contribution in [0.3, 0.4) is 0 Å². The van der Waals surface area contributed by atoms with Gasteiger partial charge in [-0.2, -0.15) is 0 Å². The number of ether oxygens (including phenoxy) is 1. The number of aliphatic hydroxyl groups is 1. The Hall–Kier alpha value is -1.10. The Bertz CT molecular complexity index is 430. The van der Waals surface area contributed by atoms with E-state index in [0.29, 0.717) is 6.54 Å². The molecule has 1 atom stereocenters. The van der Waals surface area contributed by atoms with Crippen LogP contribution in [-0.4, -0.2) is 49.8 Å². The Morgan fingerprint density at radius 2 is 2.15 bits per heavy atom. The number of methoxy groups -OCH3 is 1. The van der Waals surface area contributed by atoms with Gasteiger partial charge >= 0.3 is 0 Å². The highest BCUT2D eigenvalue weighted by Gasteiger charge is 2.38. The van der Waals surface area contributed by atoms with E-state index in [0.717, 1.165) is 17.9 Å². The SMILES string of the molecule is COc1cccc(C(O)CNCC2(N(C)C)CCC2)c1. The lowest BCUT2D eigenvalue weighted by molar-refractivity contribution is 0.0555. The van der Waals surface area contributed by atoms with E-state index in [9.17, 15) is 5.11 Å². The summed E-state index contributed by atoms with van der Waals surface area (Å²) >= 11 is 0. The number of aliphatic hydroxyl groups excluding tert-OH is 1. The van der Waals surface area contributed by atoms with Crippen LogP contribution < -0.4 is 10.1 Å². The number of hydrogen-bond acceptors (Lipinski definition) is 4. The van der Waals surface area contributed by atoms with Crippen molar-refractivity contribution in [3.05, 3.63) is 29.8 Å². The summed E-state index contributed by atoms with van der Waals surface area (Å²) in [5, 5.41) is 13.6. The first-order valence-corrected chi connectivity index (χ1v) is 7.27. The lowest BCUT2D eigenvalue weighted by Gasteiger charge is -2.47. The molecule has 1 aromatic rings. The number of benzene rings is 1. The second-order valence-electron chi connectivity index (χ2n) is 5.90. The summed E-state index contributed by atoms with van der Waals surface area (Å²) < 4.78 is 5.18. The molecule has 0 heterocycles. The van der Waals surface area contributed by atoms with Gasteiger partial charge in [0.2, 0.25) is 0 Å². The van der Waals surface area contributed by atoms with Gasteiger partial charge in [0, 0.05) is 18.6 Å². The average Bonchev–Trinajstić information content (AvgIpc) is 2.41. The summed E-state index contributed by atoms with van der Waals surface area (Å²) in [5.74, 6) is 0.783. The van der Waals surface area contributed by atoms with Gasteiger partial charge in [0.15, 0.2) is 0 Å². The van der Waals surface area contributed by atoms with Crippen molar-refractivity contribution in [3.63, 3.8) is 0 Å². The predicted octanol–water partition coefficient (Wildman–Crippen LogP) is 1.80. The van der Waals surface area contributed by atoms with Crippen LogP contribution in [0.2, 0.25) is 0 Å². The first-order valence-electron chi connectivity index (χ1n) is 7.27. The number of nitrogens with one attached hydrogen (secondary N) is 1. The zero-order chi connectivity index (χ0) is 14.6. The van der Waals surface area contributed by atoms with Crippen molar-refractivity contribution in [2.24, 2.45) is 0 Å². The van der Waals surface area contributed by atoms with Crippen LogP contribution in [0.1, 0.15) is 30.9 Å². The molecule has 112 valence electrons. The van der Waals surface area contributed by atoms with Gasteiger partial charge in [-0.1, -0.05) is 12.1 Å². The van der Waals surface area contributed by atoms with E-state index < -0.39 is 6.10 Å². The first kappa shape index (κ1) is 15.3. The van der Waals surface area contributed by atoms with Crippen LogP contribution in [-0.2, 0) is 0 Å². The maximum absolute atomic E-state index is 10.2. The van der Waals surface area contributed by atoms with Crippen LogP contribution in [0, 0.1) is 0 Å². The van der Waals surface area contributed by atoms with E-state index in [2.05, 4.69) is 24.3 Å². The molecule has 1 saturated carbocycles. The number of likely N-dealkylation sites (N-methyl/N-ethyl adjacent to an activating group) is 1. The molecular weight excluding hydrogens is 252 g/mol. The second kappa shape index (κ2) is 6.57. The maximum atomic E-state index is 10.2. The molecule has 1 aromatic carbocycles. The quantitative estimate of drug-likeness (QED) is 0.798. The smallest absolute Gasteiger partial charge is 0.119 e. The molecule has 2 rings (SSSR count). The minimum Gasteiger partial charge on any atom is -0.497 e. The molecule has 0 amide bonds. The monoisotopic (exact) mass is 278 g/mol. The van der Waals surface area contributed by atoms with Gasteiger partial charge in [0.1, 0.15) is 5.75 Å². The minimum absolute atomic E-state index is 0.286. The zero-order valence-corrected chi connectivity index (χ0v) is 12.7. The fourth-order valence-corrected chi connectivity index (χ4v) is 2.78. The fourth-order valence-electron chi connectivity index (χ4n) is 2.78. The van der Waals surface area contributed by atoms with E-state index >= 15 is 0 Å². The molecule has 1 fully saturated rings. The molecular formula is C16H26N2O2. The molecule has 0 aliphatic heterocycles. The van der Waals surface area contributed by atoms with Gasteiger partial charge in [-0.05, 0) is 51.1 Å². The Morgan fingerprint density at radius 1 is 1.40 bits per heavy atom. The van der Waals surface area contributed by atoms with E-state index in [-0.39, 0.29) is 5.54 Å². The molecule has 1 unspecified atom stereocenters. The lowest BCUT2D eigenvalue weighted by atomic mass is 9.75. The van der Waals surface area contributed by atoms with Crippen molar-refractivity contribution < 1.29 is 9.84 Å². The van der Waals surface area contributed by atoms with E-state index in [1.165, 1.54) is 19.3 Å². The number of hydrogen-bond donors (Lipinski definition) is 2. The summed E-state index contributed by atoms with van der Waals surface area (Å²) in [6.07, 6.45) is 3.28. The molecule has 1 aliphatic carbocycles. The van der Waals surface area contributed by atoms with Crippen LogP contribution in [0.25, 0.3) is 0 Å². The largest absolute Gasteiger partial charge is 0.497 e. The van der Waals surface area contributed by atoms with E-state index in [1.807, 2.05) is 24.3 Å². The third-order valence-electron chi connectivity index (χ3n) is 4.50. The van der Waals surface area contributed by atoms with Gasteiger partial charge in [0.05, 0.1) is 13.2 Å². The van der Waals surface area contributed by atoms with Gasteiger partial charge in [-0.25, -0.2) is 0 Å². The summed E-state index contributed by atoms with van der Waals surface area (Å²) in [6.45, 7) is 1.50. The van der Waals surface area contributed by atoms with Crippen molar-refractivity contribution in [2.75, 3.05) is 34.3 Å². The lowest BCUT2D eigenvalue weighted by Crippen LogP contribution is -2.56. The normalized spacial score (nSPS) is 18.6. The summed E-state index contributed by atoms with van der Waals surface area (Å²) in [7, 11) is 5.92. The number of rotatable bonds is 7. The van der Waals surface area contributed by atoms with Crippen molar-refractivity contribution in [1.29, 1.82) is 0 Å². The molecule has 2 N–H and O–H groups in total. The first-order chi connectivity index (χ1) is 9.57. The molecule has 0 radical (unpaired) electrons. The predicted molar refractivity (Wildman–Crippen MR) is 81.1 cm³/mol. The highest BCUT2D eigenvalue weighted by molar-refractivity contribution is 5.29. The minimum atomic E-state index is -0.496. The zero-order valence-electron chi connectivity index (χ0n) is 12.7.